The third-order valence-corrected chi connectivity index (χ3v) is 4.00. The lowest BCUT2D eigenvalue weighted by Gasteiger charge is -2.24. The summed E-state index contributed by atoms with van der Waals surface area (Å²) in [4.78, 5) is 4.45. The maximum absolute atomic E-state index is 5.55. The van der Waals surface area contributed by atoms with Gasteiger partial charge in [0, 0.05) is 12.7 Å². The van der Waals surface area contributed by atoms with Crippen LogP contribution >= 0.6 is 15.9 Å². The fourth-order valence-corrected chi connectivity index (χ4v) is 2.91. The lowest BCUT2D eigenvalue weighted by atomic mass is 10.1. The van der Waals surface area contributed by atoms with E-state index in [4.69, 9.17) is 9.47 Å². The van der Waals surface area contributed by atoms with Gasteiger partial charge < -0.3 is 14.0 Å². The third-order valence-electron chi connectivity index (χ3n) is 3.38. The van der Waals surface area contributed by atoms with Crippen LogP contribution in [-0.2, 0) is 4.74 Å². The van der Waals surface area contributed by atoms with Gasteiger partial charge in [-0.2, -0.15) is 0 Å². The van der Waals surface area contributed by atoms with Gasteiger partial charge in [-0.1, -0.05) is 0 Å². The van der Waals surface area contributed by atoms with Gasteiger partial charge in [0.1, 0.15) is 5.75 Å². The van der Waals surface area contributed by atoms with Crippen molar-refractivity contribution in [1.82, 2.24) is 9.55 Å². The molecule has 0 N–H and O–H groups in total. The Balaban J connectivity index is 2.06. The summed E-state index contributed by atoms with van der Waals surface area (Å²) in [5.74, 6) is 0.834. The minimum absolute atomic E-state index is 0.384. The minimum atomic E-state index is 0.384. The van der Waals surface area contributed by atoms with Gasteiger partial charge in [0.15, 0.2) is 0 Å². The predicted octanol–water partition coefficient (Wildman–Crippen LogP) is 3.16. The van der Waals surface area contributed by atoms with Gasteiger partial charge in [0.05, 0.1) is 41.6 Å². The summed E-state index contributed by atoms with van der Waals surface area (Å²) in [6.45, 7) is 1.64. The molecule has 2 aromatic rings. The Morgan fingerprint density at radius 3 is 3.11 bits per heavy atom. The summed E-state index contributed by atoms with van der Waals surface area (Å²) in [6.07, 6.45) is 4.15. The Hall–Kier alpha value is -1.07. The van der Waals surface area contributed by atoms with E-state index in [1.54, 1.807) is 7.11 Å². The molecule has 0 aliphatic carbocycles. The van der Waals surface area contributed by atoms with Crippen molar-refractivity contribution in [1.29, 1.82) is 0 Å². The predicted molar refractivity (Wildman–Crippen MR) is 73.1 cm³/mol. The van der Waals surface area contributed by atoms with Gasteiger partial charge in [-0.3, -0.25) is 0 Å². The molecule has 1 atom stereocenters. The normalized spacial score (nSPS) is 20.2. The molecule has 1 saturated heterocycles. The number of halogens is 1. The molecule has 4 nitrogen and oxygen atoms in total. The molecular weight excluding hydrogens is 296 g/mol. The molecule has 1 unspecified atom stereocenters. The first-order valence-electron chi connectivity index (χ1n) is 6.07. The topological polar surface area (TPSA) is 36.3 Å². The van der Waals surface area contributed by atoms with Crippen molar-refractivity contribution < 1.29 is 9.47 Å². The molecule has 1 aromatic heterocycles. The molecule has 0 spiro atoms. The molecule has 1 fully saturated rings. The monoisotopic (exact) mass is 310 g/mol. The van der Waals surface area contributed by atoms with Crippen LogP contribution in [0.5, 0.6) is 5.75 Å². The fourth-order valence-electron chi connectivity index (χ4n) is 2.42. The second-order valence-electron chi connectivity index (χ2n) is 4.50. The lowest BCUT2D eigenvalue weighted by molar-refractivity contribution is 0.0604. The second kappa shape index (κ2) is 4.90. The molecule has 5 heteroatoms. The number of methoxy groups -OCH3 is 1. The summed E-state index contributed by atoms with van der Waals surface area (Å²) >= 11 is 3.48. The van der Waals surface area contributed by atoms with Crippen LogP contribution in [0.1, 0.15) is 18.9 Å². The molecule has 96 valence electrons. The number of hydrogen-bond acceptors (Lipinski definition) is 3. The van der Waals surface area contributed by atoms with Gasteiger partial charge in [0.25, 0.3) is 0 Å². The first-order valence-corrected chi connectivity index (χ1v) is 6.86. The number of imidazole rings is 1. The maximum atomic E-state index is 5.55. The Morgan fingerprint density at radius 1 is 1.50 bits per heavy atom. The van der Waals surface area contributed by atoms with Crippen molar-refractivity contribution in [2.24, 2.45) is 0 Å². The Labute approximate surface area is 114 Å². The van der Waals surface area contributed by atoms with E-state index in [-0.39, 0.29) is 0 Å². The van der Waals surface area contributed by atoms with Gasteiger partial charge in [-0.25, -0.2) is 4.98 Å². The summed E-state index contributed by atoms with van der Waals surface area (Å²) in [7, 11) is 1.68. The fraction of sp³-hybridized carbons (Fsp3) is 0.462. The standard InChI is InChI=1S/C13H15BrN2O2/c1-17-13-6-12-11(5-10(13)14)15-8-16(12)9-3-2-4-18-7-9/h5-6,8-9H,2-4,7H2,1H3. The van der Waals surface area contributed by atoms with Crippen LogP contribution in [0.4, 0.5) is 0 Å². The largest absolute Gasteiger partial charge is 0.495 e. The number of nitrogens with zero attached hydrogens (tertiary/aromatic N) is 2. The molecule has 0 bridgehead atoms. The number of hydrogen-bond donors (Lipinski definition) is 0. The second-order valence-corrected chi connectivity index (χ2v) is 5.35. The highest BCUT2D eigenvalue weighted by atomic mass is 79.9. The Kier molecular flexibility index (Phi) is 3.26. The number of benzene rings is 1. The van der Waals surface area contributed by atoms with Crippen molar-refractivity contribution in [3.63, 3.8) is 0 Å². The maximum Gasteiger partial charge on any atom is 0.135 e. The minimum Gasteiger partial charge on any atom is -0.495 e. The van der Waals surface area contributed by atoms with Crippen LogP contribution in [0, 0.1) is 0 Å². The number of rotatable bonds is 2. The van der Waals surface area contributed by atoms with E-state index in [0.29, 0.717) is 6.04 Å². The highest BCUT2D eigenvalue weighted by Crippen LogP contribution is 2.32. The van der Waals surface area contributed by atoms with Crippen molar-refractivity contribution in [2.45, 2.75) is 18.9 Å². The van der Waals surface area contributed by atoms with Crippen LogP contribution in [0.3, 0.4) is 0 Å². The number of aromatic nitrogens is 2. The van der Waals surface area contributed by atoms with Gasteiger partial charge in [0.2, 0.25) is 0 Å². The summed E-state index contributed by atoms with van der Waals surface area (Å²) in [6, 6.07) is 4.41. The summed E-state index contributed by atoms with van der Waals surface area (Å²) in [5.41, 5.74) is 2.08. The van der Waals surface area contributed by atoms with Gasteiger partial charge >= 0.3 is 0 Å². The molecule has 0 saturated carbocycles. The van der Waals surface area contributed by atoms with E-state index in [0.717, 1.165) is 47.3 Å². The van der Waals surface area contributed by atoms with Crippen molar-refractivity contribution >= 4 is 27.0 Å². The average molecular weight is 311 g/mol. The molecule has 18 heavy (non-hydrogen) atoms. The average Bonchev–Trinajstić information content (AvgIpc) is 2.81. The zero-order valence-corrected chi connectivity index (χ0v) is 11.8. The molecule has 0 amide bonds. The van der Waals surface area contributed by atoms with Crippen LogP contribution in [0.25, 0.3) is 11.0 Å². The van der Waals surface area contributed by atoms with Gasteiger partial charge in [-0.15, -0.1) is 0 Å². The first kappa shape index (κ1) is 12.0. The van der Waals surface area contributed by atoms with E-state index >= 15 is 0 Å². The van der Waals surface area contributed by atoms with Crippen molar-refractivity contribution in [3.05, 3.63) is 22.9 Å². The Bertz CT molecular complexity index is 561. The molecule has 3 rings (SSSR count). The molecule has 2 heterocycles. The SMILES string of the molecule is COc1cc2c(cc1Br)ncn2C1CCCOC1. The molecule has 1 aliphatic rings. The van der Waals surface area contributed by atoms with Crippen molar-refractivity contribution in [2.75, 3.05) is 20.3 Å². The van der Waals surface area contributed by atoms with Crippen molar-refractivity contribution in [3.8, 4) is 5.75 Å². The van der Waals surface area contributed by atoms with E-state index in [1.807, 2.05) is 18.5 Å². The van der Waals surface area contributed by atoms with E-state index < -0.39 is 0 Å². The smallest absolute Gasteiger partial charge is 0.135 e. The van der Waals surface area contributed by atoms with Gasteiger partial charge in [-0.05, 0) is 34.8 Å². The molecular formula is C13H15BrN2O2. The first-order chi connectivity index (χ1) is 8.79. The highest BCUT2D eigenvalue weighted by molar-refractivity contribution is 9.10. The lowest BCUT2D eigenvalue weighted by Crippen LogP contribution is -2.20. The highest BCUT2D eigenvalue weighted by Gasteiger charge is 2.18. The quantitative estimate of drug-likeness (QED) is 0.855. The van der Waals surface area contributed by atoms with Crippen LogP contribution < -0.4 is 4.74 Å². The zero-order valence-electron chi connectivity index (χ0n) is 10.2. The number of fused-ring (bicyclic) bond motifs is 1. The van der Waals surface area contributed by atoms with Crippen LogP contribution in [0.2, 0.25) is 0 Å². The number of ether oxygens (including phenoxy) is 2. The Morgan fingerprint density at radius 2 is 2.39 bits per heavy atom. The zero-order chi connectivity index (χ0) is 12.5. The van der Waals surface area contributed by atoms with E-state index in [2.05, 4.69) is 25.5 Å². The van der Waals surface area contributed by atoms with E-state index in [9.17, 15) is 0 Å². The van der Waals surface area contributed by atoms with Crippen LogP contribution in [0.15, 0.2) is 22.9 Å². The molecule has 1 aromatic carbocycles. The summed E-state index contributed by atoms with van der Waals surface area (Å²) in [5, 5.41) is 0. The summed E-state index contributed by atoms with van der Waals surface area (Å²) < 4.78 is 14.0. The van der Waals surface area contributed by atoms with Crippen LogP contribution in [-0.4, -0.2) is 29.9 Å². The van der Waals surface area contributed by atoms with E-state index in [1.165, 1.54) is 0 Å². The third kappa shape index (κ3) is 2.01. The molecule has 0 radical (unpaired) electrons. The molecule has 1 aliphatic heterocycles.